The van der Waals surface area contributed by atoms with E-state index in [0.29, 0.717) is 11.6 Å². The lowest BCUT2D eigenvalue weighted by Gasteiger charge is -2.29. The van der Waals surface area contributed by atoms with E-state index in [4.69, 9.17) is 4.42 Å². The first-order chi connectivity index (χ1) is 7.70. The average Bonchev–Trinajstić information content (AvgIpc) is 2.78. The van der Waals surface area contributed by atoms with Crippen molar-refractivity contribution in [3.8, 4) is 0 Å². The minimum absolute atomic E-state index is 0.0269. The van der Waals surface area contributed by atoms with Gasteiger partial charge in [-0.3, -0.25) is 4.79 Å². The van der Waals surface area contributed by atoms with Gasteiger partial charge < -0.3 is 9.32 Å². The molecule has 0 atom stereocenters. The minimum atomic E-state index is -0.0269. The largest absolute Gasteiger partial charge is 0.448 e. The summed E-state index contributed by atoms with van der Waals surface area (Å²) in [6, 6.07) is 0. The third-order valence-corrected chi connectivity index (χ3v) is 3.27. The second-order valence-corrected chi connectivity index (χ2v) is 4.34. The zero-order chi connectivity index (χ0) is 11.5. The number of carbonyl (C=O) groups is 1. The molecule has 88 valence electrons. The standard InChI is InChI=1S/C12H18N2O2/c1-3-14-6-4-10(5-7-14)12-13-11(8-16-12)9(2)15/h8,10H,3-7H2,1-2H3. The van der Waals surface area contributed by atoms with Crippen LogP contribution in [0.4, 0.5) is 0 Å². The molecular weight excluding hydrogens is 204 g/mol. The first kappa shape index (κ1) is 11.3. The maximum Gasteiger partial charge on any atom is 0.197 e. The summed E-state index contributed by atoms with van der Waals surface area (Å²) in [7, 11) is 0. The van der Waals surface area contributed by atoms with Crippen LogP contribution in [0.3, 0.4) is 0 Å². The van der Waals surface area contributed by atoms with Crippen LogP contribution in [0.15, 0.2) is 10.7 Å². The summed E-state index contributed by atoms with van der Waals surface area (Å²) in [5, 5.41) is 0. The van der Waals surface area contributed by atoms with Gasteiger partial charge >= 0.3 is 0 Å². The molecule has 16 heavy (non-hydrogen) atoms. The van der Waals surface area contributed by atoms with Crippen molar-refractivity contribution in [2.24, 2.45) is 0 Å². The van der Waals surface area contributed by atoms with Gasteiger partial charge in [0.1, 0.15) is 12.0 Å². The molecule has 1 saturated heterocycles. The van der Waals surface area contributed by atoms with Crippen molar-refractivity contribution in [1.82, 2.24) is 9.88 Å². The van der Waals surface area contributed by atoms with Crippen LogP contribution in [0.2, 0.25) is 0 Å². The second kappa shape index (κ2) is 4.78. The molecular formula is C12H18N2O2. The van der Waals surface area contributed by atoms with Crippen molar-refractivity contribution < 1.29 is 9.21 Å². The Hall–Kier alpha value is -1.16. The van der Waals surface area contributed by atoms with E-state index in [1.54, 1.807) is 0 Å². The van der Waals surface area contributed by atoms with Gasteiger partial charge in [0.15, 0.2) is 11.7 Å². The number of piperidine rings is 1. The maximum absolute atomic E-state index is 11.1. The monoisotopic (exact) mass is 222 g/mol. The fourth-order valence-electron chi connectivity index (χ4n) is 2.13. The van der Waals surface area contributed by atoms with E-state index in [-0.39, 0.29) is 5.78 Å². The average molecular weight is 222 g/mol. The Morgan fingerprint density at radius 1 is 1.56 bits per heavy atom. The number of hydrogen-bond acceptors (Lipinski definition) is 4. The Morgan fingerprint density at radius 3 is 2.75 bits per heavy atom. The van der Waals surface area contributed by atoms with Crippen LogP contribution in [-0.2, 0) is 0 Å². The molecule has 1 aliphatic heterocycles. The van der Waals surface area contributed by atoms with E-state index < -0.39 is 0 Å². The molecule has 0 saturated carbocycles. The molecule has 2 rings (SSSR count). The van der Waals surface area contributed by atoms with Gasteiger partial charge in [0.25, 0.3) is 0 Å². The van der Waals surface area contributed by atoms with Crippen molar-refractivity contribution in [2.75, 3.05) is 19.6 Å². The predicted octanol–water partition coefficient (Wildman–Crippen LogP) is 2.08. The molecule has 4 heteroatoms. The highest BCUT2D eigenvalue weighted by Gasteiger charge is 2.23. The summed E-state index contributed by atoms with van der Waals surface area (Å²) in [4.78, 5) is 17.8. The topological polar surface area (TPSA) is 46.3 Å². The van der Waals surface area contributed by atoms with E-state index in [9.17, 15) is 4.79 Å². The molecule has 0 radical (unpaired) electrons. The number of rotatable bonds is 3. The number of Topliss-reactive ketones (excluding diaryl/α,β-unsaturated/α-hetero) is 1. The molecule has 0 aliphatic carbocycles. The highest BCUT2D eigenvalue weighted by Crippen LogP contribution is 2.27. The van der Waals surface area contributed by atoms with Gasteiger partial charge in [-0.1, -0.05) is 6.92 Å². The molecule has 0 amide bonds. The Bertz CT molecular complexity index is 365. The Morgan fingerprint density at radius 2 is 2.25 bits per heavy atom. The number of likely N-dealkylation sites (tertiary alicyclic amines) is 1. The number of ketones is 1. The van der Waals surface area contributed by atoms with Crippen molar-refractivity contribution in [3.05, 3.63) is 17.8 Å². The maximum atomic E-state index is 11.1. The molecule has 1 aromatic rings. The summed E-state index contributed by atoms with van der Waals surface area (Å²) < 4.78 is 5.38. The van der Waals surface area contributed by atoms with Gasteiger partial charge in [-0.15, -0.1) is 0 Å². The van der Waals surface area contributed by atoms with Gasteiger partial charge in [0, 0.05) is 12.8 Å². The fraction of sp³-hybridized carbons (Fsp3) is 0.667. The van der Waals surface area contributed by atoms with Crippen molar-refractivity contribution >= 4 is 5.78 Å². The number of oxazole rings is 1. The molecule has 4 nitrogen and oxygen atoms in total. The lowest BCUT2D eigenvalue weighted by atomic mass is 9.97. The Kier molecular flexibility index (Phi) is 3.39. The summed E-state index contributed by atoms with van der Waals surface area (Å²) >= 11 is 0. The third kappa shape index (κ3) is 2.32. The van der Waals surface area contributed by atoms with Crippen molar-refractivity contribution in [3.63, 3.8) is 0 Å². The summed E-state index contributed by atoms with van der Waals surface area (Å²) in [5.41, 5.74) is 0.452. The fourth-order valence-corrected chi connectivity index (χ4v) is 2.13. The van der Waals surface area contributed by atoms with Gasteiger partial charge in [0.2, 0.25) is 0 Å². The summed E-state index contributed by atoms with van der Waals surface area (Å²) in [6.45, 7) is 7.00. The molecule has 1 aromatic heterocycles. The number of nitrogens with zero attached hydrogens (tertiary/aromatic N) is 2. The smallest absolute Gasteiger partial charge is 0.197 e. The molecule has 1 aliphatic rings. The first-order valence-electron chi connectivity index (χ1n) is 5.89. The lowest BCUT2D eigenvalue weighted by molar-refractivity contribution is 0.101. The highest BCUT2D eigenvalue weighted by atomic mass is 16.3. The number of carbonyl (C=O) groups excluding carboxylic acids is 1. The van der Waals surface area contributed by atoms with Crippen LogP contribution < -0.4 is 0 Å². The normalized spacial score (nSPS) is 18.9. The van der Waals surface area contributed by atoms with Crippen LogP contribution in [0, 0.1) is 0 Å². The van der Waals surface area contributed by atoms with Crippen LogP contribution in [-0.4, -0.2) is 35.3 Å². The van der Waals surface area contributed by atoms with Gasteiger partial charge in [-0.2, -0.15) is 0 Å². The number of aromatic nitrogens is 1. The predicted molar refractivity (Wildman–Crippen MR) is 60.6 cm³/mol. The molecule has 0 spiro atoms. The van der Waals surface area contributed by atoms with E-state index >= 15 is 0 Å². The Balaban J connectivity index is 2.00. The summed E-state index contributed by atoms with van der Waals surface area (Å²) in [6.07, 6.45) is 3.63. The molecule has 0 aromatic carbocycles. The zero-order valence-corrected chi connectivity index (χ0v) is 9.90. The Labute approximate surface area is 95.6 Å². The van der Waals surface area contributed by atoms with Crippen LogP contribution >= 0.6 is 0 Å². The van der Waals surface area contributed by atoms with E-state index in [0.717, 1.165) is 38.4 Å². The lowest BCUT2D eigenvalue weighted by Crippen LogP contribution is -2.32. The van der Waals surface area contributed by atoms with Crippen LogP contribution in [0.25, 0.3) is 0 Å². The summed E-state index contributed by atoms with van der Waals surface area (Å²) in [5.74, 6) is 1.10. The molecule has 2 heterocycles. The molecule has 1 fully saturated rings. The van der Waals surface area contributed by atoms with Gasteiger partial charge in [0.05, 0.1) is 0 Å². The van der Waals surface area contributed by atoms with Crippen LogP contribution in [0.1, 0.15) is 49.0 Å². The highest BCUT2D eigenvalue weighted by molar-refractivity contribution is 5.91. The minimum Gasteiger partial charge on any atom is -0.448 e. The quantitative estimate of drug-likeness (QED) is 0.734. The first-order valence-corrected chi connectivity index (χ1v) is 5.89. The van der Waals surface area contributed by atoms with Crippen LogP contribution in [0.5, 0.6) is 0 Å². The van der Waals surface area contributed by atoms with Gasteiger partial charge in [-0.25, -0.2) is 4.98 Å². The van der Waals surface area contributed by atoms with Crippen molar-refractivity contribution in [1.29, 1.82) is 0 Å². The van der Waals surface area contributed by atoms with Gasteiger partial charge in [-0.05, 0) is 32.5 Å². The number of hydrogen-bond donors (Lipinski definition) is 0. The second-order valence-electron chi connectivity index (χ2n) is 4.34. The van der Waals surface area contributed by atoms with E-state index in [1.807, 2.05) is 0 Å². The molecule has 0 bridgehead atoms. The van der Waals surface area contributed by atoms with E-state index in [1.165, 1.54) is 13.2 Å². The SMILES string of the molecule is CCN1CCC(c2nc(C(C)=O)co2)CC1. The third-order valence-electron chi connectivity index (χ3n) is 3.27. The zero-order valence-electron chi connectivity index (χ0n) is 9.90. The van der Waals surface area contributed by atoms with E-state index in [2.05, 4.69) is 16.8 Å². The molecule has 0 unspecified atom stereocenters. The molecule has 0 N–H and O–H groups in total. The van der Waals surface area contributed by atoms with Crippen molar-refractivity contribution in [2.45, 2.75) is 32.6 Å².